The minimum absolute atomic E-state index is 0.248. The van der Waals surface area contributed by atoms with Crippen LogP contribution in [0.1, 0.15) is 6.92 Å². The van der Waals surface area contributed by atoms with Crippen LogP contribution in [0.2, 0.25) is 0 Å². The van der Waals surface area contributed by atoms with Crippen LogP contribution in [0.3, 0.4) is 0 Å². The van der Waals surface area contributed by atoms with Crippen molar-refractivity contribution in [2.75, 3.05) is 18.0 Å². The summed E-state index contributed by atoms with van der Waals surface area (Å²) in [6.07, 6.45) is 0. The molecule has 5 heteroatoms. The van der Waals surface area contributed by atoms with Crippen LogP contribution in [0.25, 0.3) is 10.8 Å². The number of anilines is 1. The Morgan fingerprint density at radius 2 is 1.58 bits per heavy atom. The molecule has 0 aromatic heterocycles. The van der Waals surface area contributed by atoms with Crippen molar-refractivity contribution in [3.8, 4) is 5.75 Å². The standard InChI is InChI=1S/C19H19NO3S/c1-3-20(19-10-6-8-15-7-4-5-9-18(15)19)24(21,22)17-13-11-16(23-2)12-14-17/h4-14H,3H2,1-2H3. The van der Waals surface area contributed by atoms with Gasteiger partial charge in [0.25, 0.3) is 10.0 Å². The van der Waals surface area contributed by atoms with E-state index in [0.29, 0.717) is 18.0 Å². The van der Waals surface area contributed by atoms with Crippen LogP contribution in [-0.4, -0.2) is 22.1 Å². The molecule has 0 saturated heterocycles. The fraction of sp³-hybridized carbons (Fsp3) is 0.158. The van der Waals surface area contributed by atoms with Gasteiger partial charge in [0.05, 0.1) is 17.7 Å². The molecule has 0 heterocycles. The fourth-order valence-electron chi connectivity index (χ4n) is 2.77. The van der Waals surface area contributed by atoms with Crippen LogP contribution >= 0.6 is 0 Å². The molecule has 0 fully saturated rings. The summed E-state index contributed by atoms with van der Waals surface area (Å²) in [6, 6.07) is 19.9. The molecule has 0 radical (unpaired) electrons. The third-order valence-electron chi connectivity index (χ3n) is 3.97. The lowest BCUT2D eigenvalue weighted by molar-refractivity contribution is 0.414. The Balaban J connectivity index is 2.12. The van der Waals surface area contributed by atoms with Gasteiger partial charge in [0.1, 0.15) is 5.75 Å². The first-order valence-corrected chi connectivity index (χ1v) is 9.16. The summed E-state index contributed by atoms with van der Waals surface area (Å²) in [6.45, 7) is 2.19. The summed E-state index contributed by atoms with van der Waals surface area (Å²) in [4.78, 5) is 0.248. The lowest BCUT2D eigenvalue weighted by Gasteiger charge is -2.24. The zero-order valence-electron chi connectivity index (χ0n) is 13.6. The number of methoxy groups -OCH3 is 1. The molecule has 0 amide bonds. The zero-order chi connectivity index (χ0) is 17.2. The molecule has 0 aliphatic carbocycles. The van der Waals surface area contributed by atoms with Crippen LogP contribution in [0, 0.1) is 0 Å². The van der Waals surface area contributed by atoms with Crippen molar-refractivity contribution in [1.29, 1.82) is 0 Å². The lowest BCUT2D eigenvalue weighted by Crippen LogP contribution is -2.30. The predicted octanol–water partition coefficient (Wildman–Crippen LogP) is 4.06. The first kappa shape index (κ1) is 16.3. The number of rotatable bonds is 5. The van der Waals surface area contributed by atoms with E-state index in [1.807, 2.05) is 49.4 Å². The van der Waals surface area contributed by atoms with Crippen LogP contribution in [0.15, 0.2) is 71.6 Å². The molecule has 0 bridgehead atoms. The van der Waals surface area contributed by atoms with Crippen LogP contribution in [0.4, 0.5) is 5.69 Å². The highest BCUT2D eigenvalue weighted by molar-refractivity contribution is 7.92. The number of hydrogen-bond acceptors (Lipinski definition) is 3. The lowest BCUT2D eigenvalue weighted by atomic mass is 10.1. The summed E-state index contributed by atoms with van der Waals surface area (Å²) >= 11 is 0. The minimum atomic E-state index is -3.64. The van der Waals surface area contributed by atoms with Gasteiger partial charge in [0, 0.05) is 11.9 Å². The van der Waals surface area contributed by atoms with Gasteiger partial charge in [-0.1, -0.05) is 36.4 Å². The molecular formula is C19H19NO3S. The zero-order valence-corrected chi connectivity index (χ0v) is 14.5. The van der Waals surface area contributed by atoms with Gasteiger partial charge in [0.15, 0.2) is 0 Å². The maximum Gasteiger partial charge on any atom is 0.264 e. The van der Waals surface area contributed by atoms with E-state index in [4.69, 9.17) is 4.74 Å². The largest absolute Gasteiger partial charge is 0.497 e. The maximum atomic E-state index is 13.1. The fourth-order valence-corrected chi connectivity index (χ4v) is 4.26. The number of fused-ring (bicyclic) bond motifs is 1. The van der Waals surface area contributed by atoms with E-state index in [2.05, 4.69) is 0 Å². The van der Waals surface area contributed by atoms with E-state index >= 15 is 0 Å². The SMILES string of the molecule is CCN(c1cccc2ccccc12)S(=O)(=O)c1ccc(OC)cc1. The molecule has 0 spiro atoms. The van der Waals surface area contributed by atoms with Crippen LogP contribution < -0.4 is 9.04 Å². The van der Waals surface area contributed by atoms with Crippen molar-refractivity contribution in [3.05, 3.63) is 66.7 Å². The van der Waals surface area contributed by atoms with Crippen molar-refractivity contribution < 1.29 is 13.2 Å². The first-order valence-electron chi connectivity index (χ1n) is 7.72. The molecule has 0 unspecified atom stereocenters. The molecule has 4 nitrogen and oxygen atoms in total. The maximum absolute atomic E-state index is 13.1. The highest BCUT2D eigenvalue weighted by Crippen LogP contribution is 2.31. The number of hydrogen-bond donors (Lipinski definition) is 0. The summed E-state index contributed by atoms with van der Waals surface area (Å²) in [5.41, 5.74) is 0.686. The van der Waals surface area contributed by atoms with Gasteiger partial charge in [0.2, 0.25) is 0 Å². The molecule has 3 aromatic rings. The third kappa shape index (κ3) is 2.83. The van der Waals surface area contributed by atoms with Gasteiger partial charge in [-0.3, -0.25) is 4.31 Å². The van der Waals surface area contributed by atoms with E-state index in [1.165, 1.54) is 4.31 Å². The topological polar surface area (TPSA) is 46.6 Å². The van der Waals surface area contributed by atoms with Gasteiger partial charge in [-0.15, -0.1) is 0 Å². The van der Waals surface area contributed by atoms with E-state index in [1.54, 1.807) is 31.4 Å². The van der Waals surface area contributed by atoms with Crippen molar-refractivity contribution in [2.45, 2.75) is 11.8 Å². The monoisotopic (exact) mass is 341 g/mol. The Labute approximate surface area is 142 Å². The molecule has 3 rings (SSSR count). The van der Waals surface area contributed by atoms with Crippen LogP contribution in [-0.2, 0) is 10.0 Å². The van der Waals surface area contributed by atoms with E-state index in [0.717, 1.165) is 10.8 Å². The average molecular weight is 341 g/mol. The second-order valence-corrected chi connectivity index (χ2v) is 7.21. The second-order valence-electron chi connectivity index (χ2n) is 5.34. The molecule has 0 atom stereocenters. The second kappa shape index (κ2) is 6.53. The average Bonchev–Trinajstić information content (AvgIpc) is 2.62. The molecular weight excluding hydrogens is 322 g/mol. The van der Waals surface area contributed by atoms with Gasteiger partial charge < -0.3 is 4.74 Å². The molecule has 0 saturated carbocycles. The Morgan fingerprint density at radius 1 is 0.917 bits per heavy atom. The van der Waals surface area contributed by atoms with Gasteiger partial charge in [-0.2, -0.15) is 0 Å². The minimum Gasteiger partial charge on any atom is -0.497 e. The van der Waals surface area contributed by atoms with Gasteiger partial charge >= 0.3 is 0 Å². The Morgan fingerprint density at radius 3 is 2.25 bits per heavy atom. The van der Waals surface area contributed by atoms with E-state index < -0.39 is 10.0 Å². The summed E-state index contributed by atoms with van der Waals surface area (Å²) in [5.74, 6) is 0.627. The normalized spacial score (nSPS) is 11.4. The molecule has 124 valence electrons. The Bertz CT molecular complexity index is 945. The third-order valence-corrected chi connectivity index (χ3v) is 5.87. The molecule has 3 aromatic carbocycles. The number of ether oxygens (including phenoxy) is 1. The number of nitrogens with zero attached hydrogens (tertiary/aromatic N) is 1. The Kier molecular flexibility index (Phi) is 4.44. The summed E-state index contributed by atoms with van der Waals surface area (Å²) in [7, 11) is -2.09. The van der Waals surface area contributed by atoms with Crippen molar-refractivity contribution in [2.24, 2.45) is 0 Å². The molecule has 0 aliphatic heterocycles. The van der Waals surface area contributed by atoms with Crippen molar-refractivity contribution >= 4 is 26.5 Å². The quantitative estimate of drug-likeness (QED) is 0.703. The van der Waals surface area contributed by atoms with Crippen molar-refractivity contribution in [3.63, 3.8) is 0 Å². The van der Waals surface area contributed by atoms with Crippen LogP contribution in [0.5, 0.6) is 5.75 Å². The van der Waals surface area contributed by atoms with Gasteiger partial charge in [-0.25, -0.2) is 8.42 Å². The van der Waals surface area contributed by atoms with E-state index in [9.17, 15) is 8.42 Å². The van der Waals surface area contributed by atoms with E-state index in [-0.39, 0.29) is 4.90 Å². The summed E-state index contributed by atoms with van der Waals surface area (Å²) in [5, 5.41) is 1.93. The molecule has 24 heavy (non-hydrogen) atoms. The number of benzene rings is 3. The molecule has 0 aliphatic rings. The smallest absolute Gasteiger partial charge is 0.264 e. The highest BCUT2D eigenvalue weighted by Gasteiger charge is 2.24. The summed E-state index contributed by atoms with van der Waals surface area (Å²) < 4.78 is 32.7. The highest BCUT2D eigenvalue weighted by atomic mass is 32.2. The predicted molar refractivity (Wildman–Crippen MR) is 97.1 cm³/mol. The Hall–Kier alpha value is -2.53. The molecule has 0 N–H and O–H groups in total. The first-order chi connectivity index (χ1) is 11.6. The van der Waals surface area contributed by atoms with Crippen molar-refractivity contribution in [1.82, 2.24) is 0 Å². The van der Waals surface area contributed by atoms with Gasteiger partial charge in [-0.05, 0) is 42.6 Å². The number of sulfonamides is 1.